The lowest BCUT2D eigenvalue weighted by atomic mass is 10.2. The molecule has 2 aromatic rings. The van der Waals surface area contributed by atoms with Gasteiger partial charge in [-0.3, -0.25) is 0 Å². The van der Waals surface area contributed by atoms with Crippen molar-refractivity contribution >= 4 is 17.7 Å². The summed E-state index contributed by atoms with van der Waals surface area (Å²) in [5.41, 5.74) is 1.14. The van der Waals surface area contributed by atoms with Gasteiger partial charge in [-0.05, 0) is 11.6 Å². The molecule has 3 nitrogen and oxygen atoms in total. The maximum Gasteiger partial charge on any atom is 0.218 e. The molecule has 0 saturated carbocycles. The van der Waals surface area contributed by atoms with Gasteiger partial charge in [0.05, 0.1) is 0 Å². The van der Waals surface area contributed by atoms with E-state index >= 15 is 0 Å². The molecule has 1 aromatic carbocycles. The Morgan fingerprint density at radius 2 is 2.00 bits per heavy atom. The standard InChI is InChI=1S/C13H11ClN2O/c14-12-9-13(16-10-15-12)17-8-4-7-11-5-2-1-3-6-11/h1-7,9-10H,8H2. The first-order valence-corrected chi connectivity index (χ1v) is 5.54. The molecule has 0 aliphatic heterocycles. The summed E-state index contributed by atoms with van der Waals surface area (Å²) in [5, 5.41) is 0.377. The van der Waals surface area contributed by atoms with Gasteiger partial charge in [0.25, 0.3) is 0 Å². The summed E-state index contributed by atoms with van der Waals surface area (Å²) in [6, 6.07) is 11.6. The fourth-order valence-electron chi connectivity index (χ4n) is 1.28. The summed E-state index contributed by atoms with van der Waals surface area (Å²) in [7, 11) is 0. The van der Waals surface area contributed by atoms with Crippen LogP contribution in [-0.4, -0.2) is 16.6 Å². The first-order valence-electron chi connectivity index (χ1n) is 5.16. The molecule has 0 atom stereocenters. The summed E-state index contributed by atoms with van der Waals surface area (Å²) in [6.45, 7) is 0.447. The summed E-state index contributed by atoms with van der Waals surface area (Å²) in [4.78, 5) is 7.70. The van der Waals surface area contributed by atoms with Crippen LogP contribution < -0.4 is 4.74 Å². The number of benzene rings is 1. The molecule has 0 bridgehead atoms. The Kier molecular flexibility index (Phi) is 4.11. The van der Waals surface area contributed by atoms with Crippen LogP contribution in [0.2, 0.25) is 5.15 Å². The molecule has 86 valence electrons. The molecule has 0 radical (unpaired) electrons. The Hall–Kier alpha value is -1.87. The van der Waals surface area contributed by atoms with E-state index in [0.717, 1.165) is 5.56 Å². The summed E-state index contributed by atoms with van der Waals surface area (Å²) in [5.74, 6) is 0.475. The minimum absolute atomic E-state index is 0.377. The zero-order valence-electron chi connectivity index (χ0n) is 9.08. The van der Waals surface area contributed by atoms with E-state index in [2.05, 4.69) is 9.97 Å². The molecule has 0 saturated heterocycles. The highest BCUT2D eigenvalue weighted by atomic mass is 35.5. The number of nitrogens with zero attached hydrogens (tertiary/aromatic N) is 2. The van der Waals surface area contributed by atoms with Crippen molar-refractivity contribution in [2.45, 2.75) is 0 Å². The molecule has 0 N–H and O–H groups in total. The van der Waals surface area contributed by atoms with Crippen molar-refractivity contribution in [1.82, 2.24) is 9.97 Å². The summed E-state index contributed by atoms with van der Waals surface area (Å²) in [6.07, 6.45) is 5.28. The van der Waals surface area contributed by atoms with Crippen LogP contribution in [-0.2, 0) is 0 Å². The van der Waals surface area contributed by atoms with Crippen molar-refractivity contribution in [2.24, 2.45) is 0 Å². The minimum Gasteiger partial charge on any atom is -0.473 e. The van der Waals surface area contributed by atoms with Crippen LogP contribution in [0.25, 0.3) is 6.08 Å². The van der Waals surface area contributed by atoms with Crippen molar-refractivity contribution in [1.29, 1.82) is 0 Å². The third-order valence-corrected chi connectivity index (χ3v) is 2.25. The zero-order valence-corrected chi connectivity index (χ0v) is 9.84. The van der Waals surface area contributed by atoms with E-state index in [-0.39, 0.29) is 0 Å². The molecule has 0 unspecified atom stereocenters. The van der Waals surface area contributed by atoms with E-state index in [1.165, 1.54) is 6.33 Å². The second kappa shape index (κ2) is 6.01. The lowest BCUT2D eigenvalue weighted by Gasteiger charge is -2.00. The van der Waals surface area contributed by atoms with E-state index in [9.17, 15) is 0 Å². The smallest absolute Gasteiger partial charge is 0.218 e. The van der Waals surface area contributed by atoms with Crippen molar-refractivity contribution < 1.29 is 4.74 Å². The molecule has 1 aromatic heterocycles. The van der Waals surface area contributed by atoms with Gasteiger partial charge in [-0.1, -0.05) is 48.0 Å². The second-order valence-electron chi connectivity index (χ2n) is 3.30. The van der Waals surface area contributed by atoms with Gasteiger partial charge in [-0.15, -0.1) is 0 Å². The quantitative estimate of drug-likeness (QED) is 0.777. The van der Waals surface area contributed by atoms with Gasteiger partial charge < -0.3 is 4.74 Å². The Balaban J connectivity index is 1.86. The predicted molar refractivity (Wildman–Crippen MR) is 68.0 cm³/mol. The highest BCUT2D eigenvalue weighted by molar-refractivity contribution is 6.29. The van der Waals surface area contributed by atoms with Crippen LogP contribution in [0.4, 0.5) is 0 Å². The van der Waals surface area contributed by atoms with Crippen molar-refractivity contribution in [2.75, 3.05) is 6.61 Å². The topological polar surface area (TPSA) is 35.0 Å². The third-order valence-electron chi connectivity index (χ3n) is 2.05. The van der Waals surface area contributed by atoms with Gasteiger partial charge >= 0.3 is 0 Å². The predicted octanol–water partition coefficient (Wildman–Crippen LogP) is 3.22. The first kappa shape index (κ1) is 11.6. The number of rotatable bonds is 4. The average Bonchev–Trinajstić information content (AvgIpc) is 2.36. The number of aromatic nitrogens is 2. The number of ether oxygens (including phenoxy) is 1. The van der Waals surface area contributed by atoms with Crippen LogP contribution >= 0.6 is 11.6 Å². The van der Waals surface area contributed by atoms with Gasteiger partial charge in [0.2, 0.25) is 5.88 Å². The number of hydrogen-bond donors (Lipinski definition) is 0. The molecule has 1 heterocycles. The van der Waals surface area contributed by atoms with E-state index in [4.69, 9.17) is 16.3 Å². The Morgan fingerprint density at radius 1 is 1.18 bits per heavy atom. The molecule has 4 heteroatoms. The minimum atomic E-state index is 0.377. The molecular formula is C13H11ClN2O. The Labute approximate surface area is 105 Å². The maximum absolute atomic E-state index is 5.70. The van der Waals surface area contributed by atoms with Crippen molar-refractivity contribution in [3.05, 3.63) is 59.5 Å². The summed E-state index contributed by atoms with van der Waals surface area (Å²) >= 11 is 5.70. The highest BCUT2D eigenvalue weighted by Gasteiger charge is 1.95. The lowest BCUT2D eigenvalue weighted by Crippen LogP contribution is -1.95. The number of halogens is 1. The molecule has 0 fully saturated rings. The van der Waals surface area contributed by atoms with Crippen molar-refractivity contribution in [3.8, 4) is 5.88 Å². The Morgan fingerprint density at radius 3 is 2.76 bits per heavy atom. The molecule has 0 spiro atoms. The van der Waals surface area contributed by atoms with Crippen LogP contribution in [0.5, 0.6) is 5.88 Å². The number of hydrogen-bond acceptors (Lipinski definition) is 3. The van der Waals surface area contributed by atoms with Gasteiger partial charge in [-0.25, -0.2) is 9.97 Å². The van der Waals surface area contributed by atoms with Crippen LogP contribution in [0, 0.1) is 0 Å². The van der Waals surface area contributed by atoms with E-state index in [1.54, 1.807) is 6.07 Å². The van der Waals surface area contributed by atoms with Gasteiger partial charge in [0, 0.05) is 6.07 Å². The van der Waals surface area contributed by atoms with Gasteiger partial charge in [0.1, 0.15) is 18.1 Å². The Bertz CT molecular complexity index is 500. The first-order chi connectivity index (χ1) is 8.34. The molecule has 0 aliphatic rings. The molecule has 2 rings (SSSR count). The highest BCUT2D eigenvalue weighted by Crippen LogP contribution is 2.10. The molecular weight excluding hydrogens is 236 g/mol. The maximum atomic E-state index is 5.70. The average molecular weight is 247 g/mol. The largest absolute Gasteiger partial charge is 0.473 e. The fraction of sp³-hybridized carbons (Fsp3) is 0.0769. The monoisotopic (exact) mass is 246 g/mol. The lowest BCUT2D eigenvalue weighted by molar-refractivity contribution is 0.348. The molecule has 0 aliphatic carbocycles. The summed E-state index contributed by atoms with van der Waals surface area (Å²) < 4.78 is 5.39. The fourth-order valence-corrected chi connectivity index (χ4v) is 1.42. The van der Waals surface area contributed by atoms with Gasteiger partial charge in [0.15, 0.2) is 0 Å². The van der Waals surface area contributed by atoms with Crippen molar-refractivity contribution in [3.63, 3.8) is 0 Å². The van der Waals surface area contributed by atoms with E-state index in [1.807, 2.05) is 42.5 Å². The van der Waals surface area contributed by atoms with Gasteiger partial charge in [-0.2, -0.15) is 0 Å². The second-order valence-corrected chi connectivity index (χ2v) is 3.69. The normalized spacial score (nSPS) is 10.6. The third kappa shape index (κ3) is 3.89. The van der Waals surface area contributed by atoms with Crippen LogP contribution in [0.3, 0.4) is 0 Å². The SMILES string of the molecule is Clc1cc(OCC=Cc2ccccc2)ncn1. The molecule has 17 heavy (non-hydrogen) atoms. The van der Waals surface area contributed by atoms with Crippen LogP contribution in [0.1, 0.15) is 5.56 Å². The van der Waals surface area contributed by atoms with E-state index in [0.29, 0.717) is 17.6 Å². The van der Waals surface area contributed by atoms with Crippen LogP contribution in [0.15, 0.2) is 48.8 Å². The zero-order chi connectivity index (χ0) is 11.9. The molecule has 0 amide bonds. The van der Waals surface area contributed by atoms with E-state index < -0.39 is 0 Å².